The molecule has 2 heterocycles. The van der Waals surface area contributed by atoms with E-state index in [9.17, 15) is 14.7 Å². The first-order chi connectivity index (χ1) is 17.9. The first kappa shape index (κ1) is 24.6. The molecule has 1 atom stereocenters. The SMILES string of the molecule is COc1ccc(C(O)=C2C(=O)C(=O)N(CCc3c[nH]c4ccc(OC)cc34)[C@H]2c2cccc(Br)c2)cc1. The van der Waals surface area contributed by atoms with Crippen molar-refractivity contribution in [3.8, 4) is 11.5 Å². The van der Waals surface area contributed by atoms with Crippen molar-refractivity contribution in [2.24, 2.45) is 0 Å². The molecule has 1 aromatic heterocycles. The van der Waals surface area contributed by atoms with Crippen molar-refractivity contribution in [2.45, 2.75) is 12.5 Å². The van der Waals surface area contributed by atoms with E-state index in [4.69, 9.17) is 9.47 Å². The maximum Gasteiger partial charge on any atom is 0.295 e. The summed E-state index contributed by atoms with van der Waals surface area (Å²) in [7, 11) is 3.17. The lowest BCUT2D eigenvalue weighted by molar-refractivity contribution is -0.139. The van der Waals surface area contributed by atoms with Crippen LogP contribution < -0.4 is 9.47 Å². The third-order valence-electron chi connectivity index (χ3n) is 6.66. The summed E-state index contributed by atoms with van der Waals surface area (Å²) in [6.45, 7) is 0.283. The summed E-state index contributed by atoms with van der Waals surface area (Å²) in [5.74, 6) is -0.208. The van der Waals surface area contributed by atoms with Gasteiger partial charge in [0.05, 0.1) is 25.8 Å². The van der Waals surface area contributed by atoms with E-state index in [0.29, 0.717) is 17.7 Å². The number of aromatic nitrogens is 1. The molecule has 0 unspecified atom stereocenters. The number of fused-ring (bicyclic) bond motifs is 1. The van der Waals surface area contributed by atoms with Crippen molar-refractivity contribution in [1.82, 2.24) is 9.88 Å². The van der Waals surface area contributed by atoms with Crippen LogP contribution in [0.15, 0.2) is 83.0 Å². The highest BCUT2D eigenvalue weighted by molar-refractivity contribution is 9.10. The van der Waals surface area contributed by atoms with Crippen LogP contribution in [0.3, 0.4) is 0 Å². The Kier molecular flexibility index (Phi) is 6.76. The summed E-state index contributed by atoms with van der Waals surface area (Å²) >= 11 is 3.49. The maximum atomic E-state index is 13.3. The molecule has 4 aromatic rings. The van der Waals surface area contributed by atoms with Crippen LogP contribution in [-0.2, 0) is 16.0 Å². The Hall–Kier alpha value is -4.04. The van der Waals surface area contributed by atoms with Crippen LogP contribution in [0.5, 0.6) is 11.5 Å². The maximum absolute atomic E-state index is 13.3. The number of Topliss-reactive ketones (excluding diaryl/α,β-unsaturated/α-hetero) is 1. The van der Waals surface area contributed by atoms with E-state index < -0.39 is 17.7 Å². The third kappa shape index (κ3) is 4.60. The molecule has 0 saturated carbocycles. The number of methoxy groups -OCH3 is 2. The molecule has 7 nitrogen and oxygen atoms in total. The lowest BCUT2D eigenvalue weighted by Gasteiger charge is -2.25. The fourth-order valence-electron chi connectivity index (χ4n) is 4.77. The smallest absolute Gasteiger partial charge is 0.295 e. The minimum absolute atomic E-state index is 0.0638. The molecular formula is C29H25BrN2O5. The Bertz CT molecular complexity index is 1520. The standard InChI is InChI=1S/C29H25BrN2O5/c1-36-21-8-6-17(7-9-21)27(33)25-26(18-4-3-5-20(30)14-18)32(29(35)28(25)34)13-12-19-16-31-24-11-10-22(37-2)15-23(19)24/h3-11,14-16,26,31,33H,12-13H2,1-2H3/t26-/m0/s1. The topological polar surface area (TPSA) is 91.9 Å². The second-order valence-electron chi connectivity index (χ2n) is 8.75. The summed E-state index contributed by atoms with van der Waals surface area (Å²) in [4.78, 5) is 31.4. The van der Waals surface area contributed by atoms with Crippen molar-refractivity contribution in [2.75, 3.05) is 20.8 Å². The molecule has 1 aliphatic heterocycles. The Morgan fingerprint density at radius 2 is 1.73 bits per heavy atom. The number of carbonyl (C=O) groups is 2. The number of aliphatic hydroxyl groups is 1. The number of nitrogens with one attached hydrogen (secondary N) is 1. The molecular weight excluding hydrogens is 536 g/mol. The zero-order chi connectivity index (χ0) is 26.1. The molecule has 1 fully saturated rings. The Labute approximate surface area is 222 Å². The lowest BCUT2D eigenvalue weighted by atomic mass is 9.95. The first-order valence-corrected chi connectivity index (χ1v) is 12.5. The molecule has 0 aliphatic carbocycles. The van der Waals surface area contributed by atoms with Crippen molar-refractivity contribution >= 4 is 44.3 Å². The second-order valence-corrected chi connectivity index (χ2v) is 9.67. The van der Waals surface area contributed by atoms with Gasteiger partial charge in [-0.15, -0.1) is 0 Å². The van der Waals surface area contributed by atoms with Crippen LogP contribution in [0.2, 0.25) is 0 Å². The van der Waals surface area contributed by atoms with E-state index in [-0.39, 0.29) is 17.9 Å². The van der Waals surface area contributed by atoms with Gasteiger partial charge >= 0.3 is 0 Å². The fourth-order valence-corrected chi connectivity index (χ4v) is 5.19. The predicted octanol–water partition coefficient (Wildman–Crippen LogP) is 5.61. The molecule has 5 rings (SSSR count). The number of aromatic amines is 1. The number of aliphatic hydroxyl groups excluding tert-OH is 1. The van der Waals surface area contributed by atoms with Crippen LogP contribution in [0.25, 0.3) is 16.7 Å². The number of hydrogen-bond donors (Lipinski definition) is 2. The highest BCUT2D eigenvalue weighted by Crippen LogP contribution is 2.40. The van der Waals surface area contributed by atoms with Gasteiger partial charge in [-0.3, -0.25) is 9.59 Å². The Morgan fingerprint density at radius 3 is 2.43 bits per heavy atom. The zero-order valence-corrected chi connectivity index (χ0v) is 21.9. The van der Waals surface area contributed by atoms with E-state index >= 15 is 0 Å². The zero-order valence-electron chi connectivity index (χ0n) is 20.3. The van der Waals surface area contributed by atoms with Gasteiger partial charge in [0.15, 0.2) is 0 Å². The number of likely N-dealkylation sites (tertiary alicyclic amines) is 1. The molecule has 8 heteroatoms. The molecule has 188 valence electrons. The summed E-state index contributed by atoms with van der Waals surface area (Å²) < 4.78 is 11.4. The van der Waals surface area contributed by atoms with Crippen LogP contribution in [-0.4, -0.2) is 47.4 Å². The van der Waals surface area contributed by atoms with Crippen molar-refractivity contribution < 1.29 is 24.2 Å². The van der Waals surface area contributed by atoms with Gasteiger partial charge in [-0.2, -0.15) is 0 Å². The summed E-state index contributed by atoms with van der Waals surface area (Å²) in [5.41, 5.74) is 3.18. The highest BCUT2D eigenvalue weighted by atomic mass is 79.9. The number of carbonyl (C=O) groups excluding carboxylic acids is 2. The average Bonchev–Trinajstić information content (AvgIpc) is 3.44. The Balaban J connectivity index is 1.55. The van der Waals surface area contributed by atoms with Crippen LogP contribution in [0.1, 0.15) is 22.7 Å². The number of nitrogens with zero attached hydrogens (tertiary/aromatic N) is 1. The minimum atomic E-state index is -0.737. The lowest BCUT2D eigenvalue weighted by Crippen LogP contribution is -2.31. The average molecular weight is 561 g/mol. The quantitative estimate of drug-likeness (QED) is 0.174. The molecule has 3 aromatic carbocycles. The molecule has 0 radical (unpaired) electrons. The molecule has 37 heavy (non-hydrogen) atoms. The minimum Gasteiger partial charge on any atom is -0.507 e. The summed E-state index contributed by atoms with van der Waals surface area (Å²) in [6.07, 6.45) is 2.42. The molecule has 0 spiro atoms. The van der Waals surface area contributed by atoms with Crippen molar-refractivity contribution in [1.29, 1.82) is 0 Å². The number of benzene rings is 3. The molecule has 1 amide bonds. The monoisotopic (exact) mass is 560 g/mol. The van der Waals surface area contributed by atoms with E-state index in [0.717, 1.165) is 32.3 Å². The Morgan fingerprint density at radius 1 is 1.00 bits per heavy atom. The number of H-pyrrole nitrogens is 1. The van der Waals surface area contributed by atoms with Crippen LogP contribution >= 0.6 is 15.9 Å². The highest BCUT2D eigenvalue weighted by Gasteiger charge is 2.46. The van der Waals surface area contributed by atoms with Crippen molar-refractivity contribution in [3.63, 3.8) is 0 Å². The molecule has 2 N–H and O–H groups in total. The van der Waals surface area contributed by atoms with E-state index in [1.807, 2.05) is 48.7 Å². The van der Waals surface area contributed by atoms with Gasteiger partial charge in [-0.1, -0.05) is 28.1 Å². The first-order valence-electron chi connectivity index (χ1n) is 11.7. The third-order valence-corrected chi connectivity index (χ3v) is 7.16. The number of rotatable bonds is 7. The van der Waals surface area contributed by atoms with Gasteiger partial charge in [0.2, 0.25) is 0 Å². The molecule has 1 aliphatic rings. The van der Waals surface area contributed by atoms with E-state index in [1.54, 1.807) is 38.5 Å². The van der Waals surface area contributed by atoms with E-state index in [2.05, 4.69) is 20.9 Å². The van der Waals surface area contributed by atoms with Crippen LogP contribution in [0, 0.1) is 0 Å². The number of hydrogen-bond acceptors (Lipinski definition) is 5. The normalized spacial score (nSPS) is 16.9. The summed E-state index contributed by atoms with van der Waals surface area (Å²) in [6, 6.07) is 19.2. The number of amides is 1. The largest absolute Gasteiger partial charge is 0.507 e. The number of ketones is 1. The van der Waals surface area contributed by atoms with Gasteiger partial charge in [0, 0.05) is 33.7 Å². The molecule has 0 bridgehead atoms. The van der Waals surface area contributed by atoms with Gasteiger partial charge in [0.1, 0.15) is 17.3 Å². The van der Waals surface area contributed by atoms with Gasteiger partial charge in [0.25, 0.3) is 11.7 Å². The van der Waals surface area contributed by atoms with Gasteiger partial charge < -0.3 is 24.5 Å². The van der Waals surface area contributed by atoms with Crippen molar-refractivity contribution in [3.05, 3.63) is 99.7 Å². The van der Waals surface area contributed by atoms with E-state index in [1.165, 1.54) is 4.90 Å². The number of ether oxygens (including phenoxy) is 2. The van der Waals surface area contributed by atoms with Gasteiger partial charge in [-0.25, -0.2) is 0 Å². The van der Waals surface area contributed by atoms with Crippen LogP contribution in [0.4, 0.5) is 0 Å². The number of halogens is 1. The second kappa shape index (κ2) is 10.1. The van der Waals surface area contributed by atoms with Gasteiger partial charge in [-0.05, 0) is 72.1 Å². The molecule has 1 saturated heterocycles. The summed E-state index contributed by atoms with van der Waals surface area (Å²) in [5, 5.41) is 12.2. The predicted molar refractivity (Wildman–Crippen MR) is 145 cm³/mol. The fraction of sp³-hybridized carbons (Fsp3) is 0.172.